The highest BCUT2D eigenvalue weighted by Gasteiger charge is 2.35. The lowest BCUT2D eigenvalue weighted by Crippen LogP contribution is -2.52. The number of benzene rings is 1. The predicted molar refractivity (Wildman–Crippen MR) is 137 cm³/mol. The van der Waals surface area contributed by atoms with Gasteiger partial charge in [0.05, 0.1) is 12.7 Å². The lowest BCUT2D eigenvalue weighted by atomic mass is 9.87. The van der Waals surface area contributed by atoms with Crippen molar-refractivity contribution < 1.29 is 23.7 Å². The van der Waals surface area contributed by atoms with Crippen LogP contribution in [0.1, 0.15) is 47.0 Å². The van der Waals surface area contributed by atoms with Gasteiger partial charge >= 0.3 is 6.11 Å². The van der Waals surface area contributed by atoms with Crippen molar-refractivity contribution in [2.24, 2.45) is 11.8 Å². The van der Waals surface area contributed by atoms with E-state index in [-0.39, 0.29) is 24.2 Å². The van der Waals surface area contributed by atoms with E-state index in [9.17, 15) is 19.0 Å². The lowest BCUT2D eigenvalue weighted by molar-refractivity contribution is -0.177. The second kappa shape index (κ2) is 12.8. The largest absolute Gasteiger partial charge is 0.433 e. The number of alkyl halides is 2. The minimum atomic E-state index is -3.22. The summed E-state index contributed by atoms with van der Waals surface area (Å²) in [6.07, 6.45) is 1.03. The highest BCUT2D eigenvalue weighted by Crippen LogP contribution is 2.32. The molecule has 1 aliphatic heterocycles. The zero-order valence-corrected chi connectivity index (χ0v) is 21.2. The fourth-order valence-corrected chi connectivity index (χ4v) is 4.05. The summed E-state index contributed by atoms with van der Waals surface area (Å²) in [5.41, 5.74) is 3.12. The van der Waals surface area contributed by atoms with Gasteiger partial charge in [-0.2, -0.15) is 8.78 Å². The molecule has 1 heterocycles. The van der Waals surface area contributed by atoms with Crippen LogP contribution in [0.25, 0.3) is 0 Å². The van der Waals surface area contributed by atoms with Gasteiger partial charge in [0.15, 0.2) is 0 Å². The molecule has 0 aliphatic carbocycles. The van der Waals surface area contributed by atoms with Crippen molar-refractivity contribution in [2.45, 2.75) is 59.2 Å². The number of allylic oxidation sites excluding steroid dienone is 3. The molecule has 2 rings (SSSR count). The molecule has 0 radical (unpaired) electrons. The van der Waals surface area contributed by atoms with Gasteiger partial charge in [0.2, 0.25) is 0 Å². The maximum absolute atomic E-state index is 13.5. The summed E-state index contributed by atoms with van der Waals surface area (Å²) < 4.78 is 31.8. The third-order valence-electron chi connectivity index (χ3n) is 6.36. The van der Waals surface area contributed by atoms with Crippen LogP contribution in [0.2, 0.25) is 0 Å². The van der Waals surface area contributed by atoms with E-state index in [4.69, 9.17) is 10.1 Å². The van der Waals surface area contributed by atoms with E-state index in [0.717, 1.165) is 18.5 Å². The molecule has 6 nitrogen and oxygen atoms in total. The molecular weight excluding hydrogens is 452 g/mol. The molecule has 0 spiro atoms. The van der Waals surface area contributed by atoms with E-state index in [1.54, 1.807) is 12.1 Å². The third-order valence-corrected chi connectivity index (χ3v) is 6.36. The average Bonchev–Trinajstić information content (AvgIpc) is 2.80. The zero-order chi connectivity index (χ0) is 26.2. The van der Waals surface area contributed by atoms with Crippen LogP contribution in [0.15, 0.2) is 60.0 Å². The molecule has 1 saturated heterocycles. The first-order valence-corrected chi connectivity index (χ1v) is 12.2. The lowest BCUT2D eigenvalue weighted by Gasteiger charge is -2.44. The Hall–Kier alpha value is -2.71. The first kappa shape index (κ1) is 28.5. The maximum Gasteiger partial charge on any atom is 0.397 e. The predicted octanol–water partition coefficient (Wildman–Crippen LogP) is 5.56. The Kier molecular flexibility index (Phi) is 10.5. The molecule has 194 valence electrons. The van der Waals surface area contributed by atoms with Crippen LogP contribution in [0, 0.1) is 17.2 Å². The highest BCUT2D eigenvalue weighted by molar-refractivity contribution is 6.04. The van der Waals surface area contributed by atoms with Crippen molar-refractivity contribution in [3.8, 4) is 5.75 Å². The van der Waals surface area contributed by atoms with E-state index in [1.807, 2.05) is 32.9 Å². The second-order valence-corrected chi connectivity index (χ2v) is 8.82. The SMILES string of the molecule is C=C(Nc1ccc(OC(F)(F)CC)cc1)/C(C(=N)C(CC)CC)=C(\C=C/C)N1CC(C(O)CO)C1. The normalized spacial score (nSPS) is 16.2. The Morgan fingerprint density at radius 2 is 1.86 bits per heavy atom. The van der Waals surface area contributed by atoms with Gasteiger partial charge in [-0.05, 0) is 50.1 Å². The monoisotopic (exact) mass is 491 g/mol. The average molecular weight is 492 g/mol. The Labute approximate surface area is 207 Å². The molecule has 1 aliphatic rings. The van der Waals surface area contributed by atoms with E-state index >= 15 is 0 Å². The van der Waals surface area contributed by atoms with Crippen molar-refractivity contribution in [2.75, 3.05) is 25.0 Å². The first-order valence-electron chi connectivity index (χ1n) is 12.2. The van der Waals surface area contributed by atoms with Gasteiger partial charge in [0.25, 0.3) is 0 Å². The molecule has 0 aromatic heterocycles. The molecular formula is C27H39F2N3O3. The van der Waals surface area contributed by atoms with Crippen LogP contribution in [-0.2, 0) is 0 Å². The van der Waals surface area contributed by atoms with Gasteiger partial charge < -0.3 is 30.6 Å². The minimum absolute atomic E-state index is 0.0379. The van der Waals surface area contributed by atoms with E-state index < -0.39 is 18.6 Å². The summed E-state index contributed by atoms with van der Waals surface area (Å²) >= 11 is 0. The molecule has 4 N–H and O–H groups in total. The van der Waals surface area contributed by atoms with E-state index in [0.29, 0.717) is 35.8 Å². The molecule has 8 heteroatoms. The fourth-order valence-electron chi connectivity index (χ4n) is 4.05. The molecule has 1 aromatic carbocycles. The van der Waals surface area contributed by atoms with Crippen LogP contribution in [0.4, 0.5) is 14.5 Å². The van der Waals surface area contributed by atoms with Gasteiger partial charge in [-0.3, -0.25) is 0 Å². The number of rotatable bonds is 14. The van der Waals surface area contributed by atoms with Crippen molar-refractivity contribution in [3.63, 3.8) is 0 Å². The molecule has 35 heavy (non-hydrogen) atoms. The van der Waals surface area contributed by atoms with Gasteiger partial charge in [-0.25, -0.2) is 0 Å². The van der Waals surface area contributed by atoms with Crippen LogP contribution >= 0.6 is 0 Å². The van der Waals surface area contributed by atoms with Gasteiger partial charge in [-0.15, -0.1) is 0 Å². The number of hydrogen-bond donors (Lipinski definition) is 4. The van der Waals surface area contributed by atoms with Crippen LogP contribution in [0.5, 0.6) is 5.75 Å². The Balaban J connectivity index is 2.36. The standard InChI is InChI=1S/C27H39F2N3O3/c1-6-10-23(32-15-20(16-32)24(34)17-33)25(26(30)19(7-2)8-3)18(5)31-21-11-13-22(14-12-21)35-27(28,29)9-4/h6,10-14,19-20,24,30-31,33-34H,5,7-9,15-17H2,1-4H3/b10-6-,25-23-,30-26?. The number of hydrogen-bond acceptors (Lipinski definition) is 6. The Bertz CT molecular complexity index is 918. The summed E-state index contributed by atoms with van der Waals surface area (Å²) in [7, 11) is 0. The number of anilines is 1. The number of halogens is 2. The summed E-state index contributed by atoms with van der Waals surface area (Å²) in [6, 6.07) is 6.21. The summed E-state index contributed by atoms with van der Waals surface area (Å²) in [4.78, 5) is 2.08. The number of nitrogens with zero attached hydrogens (tertiary/aromatic N) is 1. The molecule has 1 unspecified atom stereocenters. The van der Waals surface area contributed by atoms with Gasteiger partial charge in [0, 0.05) is 59.7 Å². The number of likely N-dealkylation sites (tertiary alicyclic amines) is 1. The van der Waals surface area contributed by atoms with Crippen molar-refractivity contribution in [1.29, 1.82) is 5.41 Å². The van der Waals surface area contributed by atoms with Crippen LogP contribution in [-0.4, -0.2) is 52.7 Å². The number of aliphatic hydroxyl groups is 2. The second-order valence-electron chi connectivity index (χ2n) is 8.82. The van der Waals surface area contributed by atoms with Gasteiger partial charge in [0.1, 0.15) is 5.75 Å². The Morgan fingerprint density at radius 1 is 1.26 bits per heavy atom. The summed E-state index contributed by atoms with van der Waals surface area (Å²) in [5, 5.41) is 31.5. The quantitative estimate of drug-likeness (QED) is 0.202. The fraction of sp³-hybridized carbons (Fsp3) is 0.519. The van der Waals surface area contributed by atoms with E-state index in [1.165, 1.54) is 19.1 Å². The molecule has 1 atom stereocenters. The molecule has 0 amide bonds. The molecule has 1 fully saturated rings. The highest BCUT2D eigenvalue weighted by atomic mass is 19.3. The maximum atomic E-state index is 13.5. The smallest absolute Gasteiger partial charge is 0.397 e. The number of aliphatic hydroxyl groups excluding tert-OH is 2. The van der Waals surface area contributed by atoms with Crippen LogP contribution in [0.3, 0.4) is 0 Å². The summed E-state index contributed by atoms with van der Waals surface area (Å²) in [5.74, 6) is 0.0621. The zero-order valence-electron chi connectivity index (χ0n) is 21.2. The van der Waals surface area contributed by atoms with Crippen molar-refractivity contribution in [1.82, 2.24) is 4.90 Å². The van der Waals surface area contributed by atoms with Crippen molar-refractivity contribution >= 4 is 11.4 Å². The third kappa shape index (κ3) is 7.39. The Morgan fingerprint density at radius 3 is 2.34 bits per heavy atom. The summed E-state index contributed by atoms with van der Waals surface area (Å²) in [6.45, 7) is 12.4. The molecule has 0 saturated carbocycles. The molecule has 0 bridgehead atoms. The topological polar surface area (TPSA) is 88.8 Å². The number of ether oxygens (including phenoxy) is 1. The number of nitrogens with one attached hydrogen (secondary N) is 2. The van der Waals surface area contributed by atoms with Crippen LogP contribution < -0.4 is 10.1 Å². The van der Waals surface area contributed by atoms with E-state index in [2.05, 4.69) is 16.8 Å². The minimum Gasteiger partial charge on any atom is -0.433 e. The first-order chi connectivity index (χ1) is 16.6. The van der Waals surface area contributed by atoms with Crippen molar-refractivity contribution in [3.05, 3.63) is 60.0 Å². The van der Waals surface area contributed by atoms with Gasteiger partial charge in [-0.1, -0.05) is 33.4 Å². The molecule has 1 aromatic rings.